The minimum absolute atomic E-state index is 0.255. The van der Waals surface area contributed by atoms with E-state index >= 15 is 0 Å². The number of aliphatic carboxylic acids is 1. The first-order valence-corrected chi connectivity index (χ1v) is 9.56. The van der Waals surface area contributed by atoms with Gasteiger partial charge in [-0.05, 0) is 55.6 Å². The number of hydrogen-bond donors (Lipinski definition) is 1. The van der Waals surface area contributed by atoms with Crippen LogP contribution in [0.5, 0.6) is 5.75 Å². The maximum atomic E-state index is 10.6. The second-order valence-corrected chi connectivity index (χ2v) is 7.00. The van der Waals surface area contributed by atoms with E-state index in [2.05, 4.69) is 54.4 Å². The van der Waals surface area contributed by atoms with Crippen molar-refractivity contribution < 1.29 is 14.6 Å². The first-order chi connectivity index (χ1) is 13.1. The molecule has 0 atom stereocenters. The van der Waals surface area contributed by atoms with E-state index in [9.17, 15) is 4.79 Å². The fourth-order valence-electron chi connectivity index (χ4n) is 3.44. The summed E-state index contributed by atoms with van der Waals surface area (Å²) in [7, 11) is 2.09. The highest BCUT2D eigenvalue weighted by Gasteiger charge is 2.18. The Labute approximate surface area is 161 Å². The third-order valence-corrected chi connectivity index (χ3v) is 4.91. The summed E-state index contributed by atoms with van der Waals surface area (Å²) in [6.45, 7) is 2.46. The molecule has 0 aliphatic carbocycles. The van der Waals surface area contributed by atoms with Crippen molar-refractivity contribution >= 4 is 11.5 Å². The van der Waals surface area contributed by atoms with E-state index in [4.69, 9.17) is 9.84 Å². The predicted molar refractivity (Wildman–Crippen MR) is 108 cm³/mol. The van der Waals surface area contributed by atoms with Gasteiger partial charge in [0.25, 0.3) is 0 Å². The molecule has 1 N–H and O–H groups in total. The van der Waals surface area contributed by atoms with E-state index < -0.39 is 5.97 Å². The SMILES string of the molecule is CN(CC/C=C1/c2ccccc2COc2ccccc21)CCCCC(=O)O. The second-order valence-electron chi connectivity index (χ2n) is 7.00. The zero-order chi connectivity index (χ0) is 19.1. The van der Waals surface area contributed by atoms with E-state index in [-0.39, 0.29) is 6.42 Å². The van der Waals surface area contributed by atoms with Crippen molar-refractivity contribution in [3.63, 3.8) is 0 Å². The van der Waals surface area contributed by atoms with E-state index in [1.165, 1.54) is 16.7 Å². The highest BCUT2D eigenvalue weighted by atomic mass is 16.5. The van der Waals surface area contributed by atoms with Gasteiger partial charge in [-0.1, -0.05) is 48.5 Å². The minimum Gasteiger partial charge on any atom is -0.488 e. The lowest BCUT2D eigenvalue weighted by Gasteiger charge is -2.16. The molecule has 0 radical (unpaired) electrons. The Morgan fingerprint density at radius 2 is 1.81 bits per heavy atom. The van der Waals surface area contributed by atoms with Crippen LogP contribution in [0.15, 0.2) is 54.6 Å². The largest absolute Gasteiger partial charge is 0.488 e. The number of unbranched alkanes of at least 4 members (excludes halogenated alkanes) is 1. The average molecular weight is 365 g/mol. The molecule has 1 heterocycles. The summed E-state index contributed by atoms with van der Waals surface area (Å²) >= 11 is 0. The Morgan fingerprint density at radius 1 is 1.07 bits per heavy atom. The Balaban J connectivity index is 1.69. The number of fused-ring (bicyclic) bond motifs is 2. The number of para-hydroxylation sites is 1. The van der Waals surface area contributed by atoms with Gasteiger partial charge in [0.05, 0.1) is 0 Å². The van der Waals surface area contributed by atoms with E-state index in [0.29, 0.717) is 6.61 Å². The van der Waals surface area contributed by atoms with Gasteiger partial charge in [0.1, 0.15) is 12.4 Å². The summed E-state index contributed by atoms with van der Waals surface area (Å²) in [5.41, 5.74) is 4.83. The highest BCUT2D eigenvalue weighted by Crippen LogP contribution is 2.36. The zero-order valence-electron chi connectivity index (χ0n) is 15.9. The quantitative estimate of drug-likeness (QED) is 0.695. The van der Waals surface area contributed by atoms with Crippen LogP contribution in [0.1, 0.15) is 42.4 Å². The average Bonchev–Trinajstić information content (AvgIpc) is 2.83. The summed E-state index contributed by atoms with van der Waals surface area (Å²) in [6.07, 6.45) is 5.15. The normalized spacial score (nSPS) is 14.4. The Morgan fingerprint density at radius 3 is 2.63 bits per heavy atom. The number of benzene rings is 2. The number of rotatable bonds is 8. The molecule has 2 aromatic rings. The first kappa shape index (κ1) is 19.2. The van der Waals surface area contributed by atoms with Crippen molar-refractivity contribution in [1.29, 1.82) is 0 Å². The van der Waals surface area contributed by atoms with Crippen LogP contribution in [0.3, 0.4) is 0 Å². The highest BCUT2D eigenvalue weighted by molar-refractivity contribution is 5.84. The molecular weight excluding hydrogens is 338 g/mol. The first-order valence-electron chi connectivity index (χ1n) is 9.56. The Kier molecular flexibility index (Phi) is 6.66. The maximum Gasteiger partial charge on any atom is 0.303 e. The fraction of sp³-hybridized carbons (Fsp3) is 0.348. The van der Waals surface area contributed by atoms with Crippen LogP contribution in [-0.2, 0) is 11.4 Å². The lowest BCUT2D eigenvalue weighted by molar-refractivity contribution is -0.137. The predicted octanol–water partition coefficient (Wildman–Crippen LogP) is 4.59. The van der Waals surface area contributed by atoms with Crippen molar-refractivity contribution in [3.05, 3.63) is 71.3 Å². The van der Waals surface area contributed by atoms with E-state index in [1.54, 1.807) is 0 Å². The van der Waals surface area contributed by atoms with Crippen LogP contribution in [-0.4, -0.2) is 36.1 Å². The Hall–Kier alpha value is -2.59. The fourth-order valence-corrected chi connectivity index (χ4v) is 3.44. The number of carboxylic acid groups (broad SMARTS) is 1. The van der Waals surface area contributed by atoms with Crippen LogP contribution in [0.25, 0.3) is 5.57 Å². The molecule has 1 aliphatic heterocycles. The Bertz CT molecular complexity index is 763. The van der Waals surface area contributed by atoms with Gasteiger partial charge in [-0.15, -0.1) is 0 Å². The molecule has 0 saturated heterocycles. The third kappa shape index (κ3) is 5.20. The van der Waals surface area contributed by atoms with Crippen LogP contribution in [0.2, 0.25) is 0 Å². The van der Waals surface area contributed by atoms with E-state index in [0.717, 1.165) is 43.7 Å². The molecule has 0 bridgehead atoms. The van der Waals surface area contributed by atoms with Crippen molar-refractivity contribution in [1.82, 2.24) is 4.90 Å². The molecule has 4 heteroatoms. The number of hydrogen-bond acceptors (Lipinski definition) is 3. The molecule has 2 aromatic carbocycles. The number of carboxylic acids is 1. The molecule has 0 unspecified atom stereocenters. The summed E-state index contributed by atoms with van der Waals surface area (Å²) in [5.74, 6) is 0.220. The van der Waals surface area contributed by atoms with E-state index in [1.807, 2.05) is 12.1 Å². The van der Waals surface area contributed by atoms with Gasteiger partial charge in [0, 0.05) is 18.5 Å². The number of carbonyl (C=O) groups is 1. The smallest absolute Gasteiger partial charge is 0.303 e. The summed E-state index contributed by atoms with van der Waals surface area (Å²) < 4.78 is 6.02. The molecule has 142 valence electrons. The topological polar surface area (TPSA) is 49.8 Å². The van der Waals surface area contributed by atoms with Gasteiger partial charge in [-0.25, -0.2) is 0 Å². The summed E-state index contributed by atoms with van der Waals surface area (Å²) in [6, 6.07) is 16.7. The second kappa shape index (κ2) is 9.38. The van der Waals surface area contributed by atoms with Gasteiger partial charge in [-0.3, -0.25) is 4.79 Å². The number of ether oxygens (including phenoxy) is 1. The molecule has 0 fully saturated rings. The standard InChI is InChI=1S/C23H27NO3/c1-24(15-7-6-14-23(25)26)16-8-12-20-19-10-3-2-9-18(19)17-27-22-13-5-4-11-21(20)22/h2-5,9-13H,6-8,14-17H2,1H3,(H,25,26)/b20-12-. The van der Waals surface area contributed by atoms with Crippen molar-refractivity contribution in [2.75, 3.05) is 20.1 Å². The van der Waals surface area contributed by atoms with Gasteiger partial charge < -0.3 is 14.7 Å². The maximum absolute atomic E-state index is 10.6. The molecular formula is C23H27NO3. The summed E-state index contributed by atoms with van der Waals surface area (Å²) in [4.78, 5) is 12.9. The number of nitrogens with zero attached hydrogens (tertiary/aromatic N) is 1. The summed E-state index contributed by atoms with van der Waals surface area (Å²) in [5, 5.41) is 8.72. The molecule has 4 nitrogen and oxygen atoms in total. The van der Waals surface area contributed by atoms with Gasteiger partial charge in [0.2, 0.25) is 0 Å². The monoisotopic (exact) mass is 365 g/mol. The van der Waals surface area contributed by atoms with Crippen LogP contribution < -0.4 is 4.74 Å². The molecule has 3 rings (SSSR count). The third-order valence-electron chi connectivity index (χ3n) is 4.91. The van der Waals surface area contributed by atoms with Crippen molar-refractivity contribution in [2.45, 2.75) is 32.3 Å². The molecule has 27 heavy (non-hydrogen) atoms. The molecule has 1 aliphatic rings. The van der Waals surface area contributed by atoms with Gasteiger partial charge in [-0.2, -0.15) is 0 Å². The molecule has 0 saturated carbocycles. The van der Waals surface area contributed by atoms with Crippen molar-refractivity contribution in [2.24, 2.45) is 0 Å². The molecule has 0 aromatic heterocycles. The van der Waals surface area contributed by atoms with Crippen LogP contribution in [0, 0.1) is 0 Å². The lowest BCUT2D eigenvalue weighted by Crippen LogP contribution is -2.20. The van der Waals surface area contributed by atoms with Crippen molar-refractivity contribution in [3.8, 4) is 5.75 Å². The zero-order valence-corrected chi connectivity index (χ0v) is 15.9. The lowest BCUT2D eigenvalue weighted by atomic mass is 9.93. The van der Waals surface area contributed by atoms with Crippen LogP contribution in [0.4, 0.5) is 0 Å². The van der Waals surface area contributed by atoms with Gasteiger partial charge in [0.15, 0.2) is 0 Å². The minimum atomic E-state index is -0.713. The molecule has 0 spiro atoms. The van der Waals surface area contributed by atoms with Gasteiger partial charge >= 0.3 is 5.97 Å². The van der Waals surface area contributed by atoms with Crippen LogP contribution >= 0.6 is 0 Å². The molecule has 0 amide bonds.